The van der Waals surface area contributed by atoms with E-state index in [2.05, 4.69) is 34.1 Å². The zero-order chi connectivity index (χ0) is 45.0. The number of primary amides is 1. The van der Waals surface area contributed by atoms with Gasteiger partial charge in [-0.15, -0.1) is 21.5 Å². The van der Waals surface area contributed by atoms with E-state index in [9.17, 15) is 27.6 Å². The largest absolute Gasteiger partial charge is 0.496 e. The zero-order valence-corrected chi connectivity index (χ0v) is 37.9. The quantitative estimate of drug-likeness (QED) is 0.0762. The van der Waals surface area contributed by atoms with Crippen LogP contribution in [0, 0.1) is 25.7 Å². The van der Waals surface area contributed by atoms with Crippen molar-refractivity contribution in [1.82, 2.24) is 35.1 Å². The highest BCUT2D eigenvalue weighted by Crippen LogP contribution is 2.38. The number of nitrogens with two attached hydrogens (primary N) is 1. The first-order chi connectivity index (χ1) is 30.1. The number of fused-ring (bicyclic) bond motifs is 1. The van der Waals surface area contributed by atoms with Crippen LogP contribution in [0.3, 0.4) is 0 Å². The van der Waals surface area contributed by atoms with Crippen LogP contribution < -0.4 is 25.2 Å². The number of thiazole rings is 1. The number of pyridine rings is 1. The topological polar surface area (TPSA) is 239 Å². The SMILES string of the molecule is COc1ccc2c(O[C@@H]3C[C@@H](C(N)=O)N(C(=O)[C@H](CCCCC/C=C\[C@@H]4CCCC4C(=O)NS(=O)(=O)C4CC4)NC(=O)c4nnc(C)o4)C3)cc(-c3nc(C(C)C)cs3)nc2c1C. The molecule has 4 heterocycles. The van der Waals surface area contributed by atoms with Crippen LogP contribution in [0.5, 0.6) is 11.5 Å². The molecule has 19 heteroatoms. The molecule has 1 unspecified atom stereocenters. The molecule has 17 nitrogen and oxygen atoms in total. The summed E-state index contributed by atoms with van der Waals surface area (Å²) >= 11 is 1.49. The fourth-order valence-electron chi connectivity index (χ4n) is 8.40. The summed E-state index contributed by atoms with van der Waals surface area (Å²) < 4.78 is 44.6. The Morgan fingerprint density at radius 3 is 2.52 bits per heavy atom. The minimum atomic E-state index is -3.59. The molecule has 0 bridgehead atoms. The average Bonchev–Trinajstić information content (AvgIpc) is 3.59. The van der Waals surface area contributed by atoms with Gasteiger partial charge in [0.05, 0.1) is 30.1 Å². The molecule has 5 atom stereocenters. The number of unbranched alkanes of at least 4 members (excludes halogenated alkanes) is 3. The van der Waals surface area contributed by atoms with E-state index in [1.807, 2.05) is 42.7 Å². The number of nitrogens with one attached hydrogen (secondary N) is 2. The molecule has 0 spiro atoms. The van der Waals surface area contributed by atoms with E-state index < -0.39 is 57.1 Å². The minimum Gasteiger partial charge on any atom is -0.496 e. The van der Waals surface area contributed by atoms with Crippen molar-refractivity contribution in [2.45, 2.75) is 128 Å². The highest BCUT2D eigenvalue weighted by molar-refractivity contribution is 7.90. The summed E-state index contributed by atoms with van der Waals surface area (Å²) in [5.41, 5.74) is 8.98. The number of carbonyl (C=O) groups is 4. The van der Waals surface area contributed by atoms with Gasteiger partial charge >= 0.3 is 11.8 Å². The van der Waals surface area contributed by atoms with Gasteiger partial charge in [-0.25, -0.2) is 18.4 Å². The van der Waals surface area contributed by atoms with Crippen molar-refractivity contribution in [1.29, 1.82) is 0 Å². The minimum absolute atomic E-state index is 0.0268. The molecule has 2 aliphatic carbocycles. The van der Waals surface area contributed by atoms with Gasteiger partial charge in [-0.2, -0.15) is 0 Å². The van der Waals surface area contributed by atoms with Crippen LogP contribution in [-0.2, 0) is 24.4 Å². The van der Waals surface area contributed by atoms with Gasteiger partial charge < -0.3 is 29.8 Å². The maximum absolute atomic E-state index is 14.4. The van der Waals surface area contributed by atoms with Gasteiger partial charge in [0.25, 0.3) is 0 Å². The highest BCUT2D eigenvalue weighted by atomic mass is 32.2. The number of aromatic nitrogens is 4. The Hall–Kier alpha value is -5.43. The molecule has 0 radical (unpaired) electrons. The third-order valence-electron chi connectivity index (χ3n) is 12.0. The average molecular weight is 905 g/mol. The van der Waals surface area contributed by atoms with Gasteiger partial charge in [-0.1, -0.05) is 45.3 Å². The first-order valence-corrected chi connectivity index (χ1v) is 24.1. The van der Waals surface area contributed by atoms with E-state index in [-0.39, 0.29) is 48.9 Å². The van der Waals surface area contributed by atoms with Crippen LogP contribution in [0.2, 0.25) is 0 Å². The fourth-order valence-corrected chi connectivity index (χ4v) is 10.7. The van der Waals surface area contributed by atoms with Crippen molar-refractivity contribution in [2.75, 3.05) is 13.7 Å². The molecule has 1 aliphatic heterocycles. The van der Waals surface area contributed by atoms with E-state index in [4.69, 9.17) is 29.6 Å². The smallest absolute Gasteiger partial charge is 0.309 e. The van der Waals surface area contributed by atoms with Crippen LogP contribution in [-0.4, -0.2) is 94.2 Å². The van der Waals surface area contributed by atoms with Gasteiger partial charge in [0.15, 0.2) is 0 Å². The van der Waals surface area contributed by atoms with Crippen molar-refractivity contribution in [2.24, 2.45) is 17.6 Å². The number of sulfonamides is 1. The molecule has 1 saturated heterocycles. The Morgan fingerprint density at radius 1 is 1.05 bits per heavy atom. The number of methoxy groups -OCH3 is 1. The normalized spacial score (nSPS) is 20.7. The number of rotatable bonds is 19. The number of hydrogen-bond acceptors (Lipinski definition) is 14. The molecule has 3 aliphatic rings. The lowest BCUT2D eigenvalue weighted by Gasteiger charge is -2.27. The predicted molar refractivity (Wildman–Crippen MR) is 235 cm³/mol. The number of aryl methyl sites for hydroxylation is 2. The monoisotopic (exact) mass is 904 g/mol. The number of carbonyl (C=O) groups excluding carboxylic acids is 4. The van der Waals surface area contributed by atoms with Crippen LogP contribution in [0.15, 0.2) is 40.1 Å². The Bertz CT molecular complexity index is 2480. The van der Waals surface area contributed by atoms with Crippen molar-refractivity contribution in [3.8, 4) is 22.2 Å². The van der Waals surface area contributed by atoms with E-state index in [1.165, 1.54) is 16.2 Å². The molecular weight excluding hydrogens is 849 g/mol. The second-order valence-electron chi connectivity index (χ2n) is 17.0. The van der Waals surface area contributed by atoms with Crippen molar-refractivity contribution in [3.05, 3.63) is 58.8 Å². The van der Waals surface area contributed by atoms with Crippen molar-refractivity contribution in [3.63, 3.8) is 0 Å². The molecule has 4 aromatic rings. The van der Waals surface area contributed by atoms with E-state index >= 15 is 0 Å². The first kappa shape index (κ1) is 45.6. The number of nitrogens with zero attached hydrogens (tertiary/aromatic N) is 5. The standard InChI is InChI=1S/C44H56N8O9S2/c1-24(2)34-23-62-43(48-34)33-21-37(31-18-19-36(59-5)25(3)38(31)46-33)61-28-20-35(39(45)53)52(22-28)44(56)32(47-41(55)42-50-49-26(4)60-42)15-10-8-6-7-9-12-27-13-11-14-30(27)40(54)51-63(57,58)29-16-17-29/h9,12,18-19,21,23-24,27-30,32,35H,6-8,10-11,13-17,20,22H2,1-5H3,(H2,45,53)(H,47,55)(H,51,54)/b12-9-/t27-,28-,30?,32+,35+/m1/s1. The number of hydrogen-bond donors (Lipinski definition) is 3. The fraction of sp³-hybridized carbons (Fsp3) is 0.545. The third kappa shape index (κ3) is 10.7. The van der Waals surface area contributed by atoms with E-state index in [1.54, 1.807) is 14.0 Å². The summed E-state index contributed by atoms with van der Waals surface area (Å²) in [6.07, 6.45) is 10.0. The number of benzene rings is 1. The Balaban J connectivity index is 1.03. The Morgan fingerprint density at radius 2 is 1.84 bits per heavy atom. The highest BCUT2D eigenvalue weighted by Gasteiger charge is 2.43. The molecule has 4 N–H and O–H groups in total. The van der Waals surface area contributed by atoms with Gasteiger partial charge in [-0.3, -0.25) is 23.9 Å². The van der Waals surface area contributed by atoms with Crippen molar-refractivity contribution < 1.29 is 41.5 Å². The Kier molecular flexibility index (Phi) is 14.1. The summed E-state index contributed by atoms with van der Waals surface area (Å²) in [5, 5.41) is 13.3. The lowest BCUT2D eigenvalue weighted by Crippen LogP contribution is -2.53. The summed E-state index contributed by atoms with van der Waals surface area (Å²) in [4.78, 5) is 64.7. The summed E-state index contributed by atoms with van der Waals surface area (Å²) in [7, 11) is -2.00. The molecule has 63 heavy (non-hydrogen) atoms. The lowest BCUT2D eigenvalue weighted by molar-refractivity contribution is -0.139. The molecule has 4 amide bonds. The number of likely N-dealkylation sites (tertiary alicyclic amines) is 1. The van der Waals surface area contributed by atoms with Crippen LogP contribution >= 0.6 is 11.3 Å². The van der Waals surface area contributed by atoms with Crippen molar-refractivity contribution >= 4 is 55.9 Å². The third-order valence-corrected chi connectivity index (χ3v) is 14.8. The maximum atomic E-state index is 14.4. The van der Waals surface area contributed by atoms with Crippen LogP contribution in [0.4, 0.5) is 0 Å². The molecule has 1 aromatic carbocycles. The van der Waals surface area contributed by atoms with E-state index in [0.717, 1.165) is 40.9 Å². The maximum Gasteiger partial charge on any atom is 0.309 e. The summed E-state index contributed by atoms with van der Waals surface area (Å²) in [5.74, 6) is -1.43. The van der Waals surface area contributed by atoms with Crippen LogP contribution in [0.25, 0.3) is 21.6 Å². The summed E-state index contributed by atoms with van der Waals surface area (Å²) in [6.45, 7) is 7.65. The molecule has 3 fully saturated rings. The van der Waals surface area contributed by atoms with Gasteiger partial charge in [0, 0.05) is 41.7 Å². The van der Waals surface area contributed by atoms with Gasteiger partial charge in [-0.05, 0) is 75.8 Å². The number of allylic oxidation sites excluding steroid dienone is 2. The molecule has 3 aromatic heterocycles. The first-order valence-electron chi connectivity index (χ1n) is 21.7. The lowest BCUT2D eigenvalue weighted by atomic mass is 9.94. The number of amides is 4. The zero-order valence-electron chi connectivity index (χ0n) is 36.3. The molecular formula is C44H56N8O9S2. The second kappa shape index (κ2) is 19.5. The van der Waals surface area contributed by atoms with Gasteiger partial charge in [0.1, 0.15) is 40.4 Å². The summed E-state index contributed by atoms with van der Waals surface area (Å²) in [6, 6.07) is 3.49. The predicted octanol–water partition coefficient (Wildman–Crippen LogP) is 5.65. The molecule has 7 rings (SSSR count). The molecule has 338 valence electrons. The second-order valence-corrected chi connectivity index (χ2v) is 19.9. The number of ether oxygens (including phenoxy) is 2. The van der Waals surface area contributed by atoms with Crippen LogP contribution in [0.1, 0.15) is 118 Å². The Labute approximate surface area is 371 Å². The van der Waals surface area contributed by atoms with E-state index in [0.29, 0.717) is 61.2 Å². The van der Waals surface area contributed by atoms with Gasteiger partial charge in [0.2, 0.25) is 33.6 Å². The molecule has 2 saturated carbocycles.